The van der Waals surface area contributed by atoms with Crippen molar-refractivity contribution in [2.24, 2.45) is 5.92 Å². The van der Waals surface area contributed by atoms with Gasteiger partial charge in [-0.1, -0.05) is 32.5 Å². The van der Waals surface area contributed by atoms with Gasteiger partial charge in [0.05, 0.1) is 18.1 Å². The van der Waals surface area contributed by atoms with E-state index >= 15 is 0 Å². The number of nitrogen functional groups attached to an aromatic ring is 1. The lowest BCUT2D eigenvalue weighted by Gasteiger charge is -2.26. The van der Waals surface area contributed by atoms with Crippen LogP contribution in [-0.4, -0.2) is 21.8 Å². The summed E-state index contributed by atoms with van der Waals surface area (Å²) in [7, 11) is 0. The molecular formula is C14H19N3OS2. The molecule has 0 bridgehead atoms. The van der Waals surface area contributed by atoms with E-state index in [-0.39, 0.29) is 6.10 Å². The second-order valence-electron chi connectivity index (χ2n) is 5.31. The summed E-state index contributed by atoms with van der Waals surface area (Å²) >= 11 is 3.33. The second kappa shape index (κ2) is 5.50. The molecule has 2 N–H and O–H groups in total. The monoisotopic (exact) mass is 309 g/mol. The van der Waals surface area contributed by atoms with E-state index in [1.807, 2.05) is 0 Å². The van der Waals surface area contributed by atoms with Crippen molar-refractivity contribution in [1.82, 2.24) is 9.97 Å². The van der Waals surface area contributed by atoms with Gasteiger partial charge in [0.2, 0.25) is 0 Å². The molecule has 2 aromatic rings. The number of nitrogens with two attached hydrogens (primary N) is 1. The van der Waals surface area contributed by atoms with Gasteiger partial charge in [-0.15, -0.1) is 11.3 Å². The van der Waals surface area contributed by atoms with Crippen LogP contribution in [0.3, 0.4) is 0 Å². The molecule has 1 aliphatic heterocycles. The number of hydrogen-bond donors (Lipinski definition) is 1. The summed E-state index contributed by atoms with van der Waals surface area (Å²) in [4.78, 5) is 11.3. The molecule has 0 aromatic carbocycles. The summed E-state index contributed by atoms with van der Waals surface area (Å²) in [5, 5.41) is 1.83. The molecule has 0 spiro atoms. The standard InChI is InChI=1S/C14H19N3OS2/c1-4-19-14-16-12(15)11-8-5-9(7(2)3)18-6-10(8)20-13(11)17-14/h7,9H,4-6H2,1-3H3,(H2,15,16,17)/t9-/m1/s1. The summed E-state index contributed by atoms with van der Waals surface area (Å²) in [5.41, 5.74) is 7.48. The Hall–Kier alpha value is -0.850. The highest BCUT2D eigenvalue weighted by Gasteiger charge is 2.27. The Morgan fingerprint density at radius 2 is 2.25 bits per heavy atom. The fourth-order valence-electron chi connectivity index (χ4n) is 2.51. The summed E-state index contributed by atoms with van der Waals surface area (Å²) in [6, 6.07) is 0. The first-order valence-electron chi connectivity index (χ1n) is 6.92. The highest BCUT2D eigenvalue weighted by atomic mass is 32.2. The first kappa shape index (κ1) is 14.1. The van der Waals surface area contributed by atoms with Crippen molar-refractivity contribution in [3.05, 3.63) is 10.4 Å². The van der Waals surface area contributed by atoms with E-state index in [2.05, 4.69) is 30.7 Å². The number of nitrogens with zero attached hydrogens (tertiary/aromatic N) is 2. The molecule has 20 heavy (non-hydrogen) atoms. The molecule has 3 heterocycles. The number of thioether (sulfide) groups is 1. The van der Waals surface area contributed by atoms with Gasteiger partial charge in [-0.25, -0.2) is 9.97 Å². The minimum atomic E-state index is 0.268. The second-order valence-corrected chi connectivity index (χ2v) is 7.62. The summed E-state index contributed by atoms with van der Waals surface area (Å²) in [5.74, 6) is 2.08. The van der Waals surface area contributed by atoms with Crippen molar-refractivity contribution in [3.63, 3.8) is 0 Å². The number of fused-ring (bicyclic) bond motifs is 3. The Bertz CT molecular complexity index is 639. The van der Waals surface area contributed by atoms with Gasteiger partial charge in [-0.2, -0.15) is 0 Å². The molecule has 2 aromatic heterocycles. The summed E-state index contributed by atoms with van der Waals surface area (Å²) in [6.45, 7) is 7.16. The topological polar surface area (TPSA) is 61.0 Å². The first-order valence-corrected chi connectivity index (χ1v) is 8.72. The molecule has 6 heteroatoms. The predicted molar refractivity (Wildman–Crippen MR) is 85.3 cm³/mol. The zero-order valence-electron chi connectivity index (χ0n) is 12.0. The molecular weight excluding hydrogens is 290 g/mol. The number of thiophene rings is 1. The molecule has 108 valence electrons. The minimum absolute atomic E-state index is 0.268. The first-order chi connectivity index (χ1) is 9.60. The maximum atomic E-state index is 6.18. The number of aromatic nitrogens is 2. The number of anilines is 1. The van der Waals surface area contributed by atoms with Crippen LogP contribution < -0.4 is 5.73 Å². The van der Waals surface area contributed by atoms with Crippen LogP contribution in [0.25, 0.3) is 10.2 Å². The van der Waals surface area contributed by atoms with E-state index in [4.69, 9.17) is 10.5 Å². The van der Waals surface area contributed by atoms with Crippen molar-refractivity contribution >= 4 is 39.1 Å². The zero-order valence-corrected chi connectivity index (χ0v) is 13.6. The molecule has 1 aliphatic rings. The minimum Gasteiger partial charge on any atom is -0.383 e. The maximum absolute atomic E-state index is 6.18. The van der Waals surface area contributed by atoms with Crippen molar-refractivity contribution < 1.29 is 4.74 Å². The van der Waals surface area contributed by atoms with Crippen molar-refractivity contribution in [2.45, 2.75) is 45.1 Å². The van der Waals surface area contributed by atoms with Crippen LogP contribution >= 0.6 is 23.1 Å². The lowest BCUT2D eigenvalue weighted by atomic mass is 9.96. The fraction of sp³-hybridized carbons (Fsp3) is 0.571. The van der Waals surface area contributed by atoms with Gasteiger partial charge in [-0.05, 0) is 17.2 Å². The van der Waals surface area contributed by atoms with Crippen LogP contribution in [0.15, 0.2) is 5.16 Å². The number of hydrogen-bond acceptors (Lipinski definition) is 6. The van der Waals surface area contributed by atoms with Crippen LogP contribution in [0.4, 0.5) is 5.82 Å². The van der Waals surface area contributed by atoms with Gasteiger partial charge in [0, 0.05) is 11.3 Å². The van der Waals surface area contributed by atoms with E-state index in [1.54, 1.807) is 23.1 Å². The van der Waals surface area contributed by atoms with Gasteiger partial charge in [0.15, 0.2) is 5.16 Å². The average Bonchev–Trinajstić information content (AvgIpc) is 2.76. The fourth-order valence-corrected chi connectivity index (χ4v) is 4.27. The molecule has 0 fully saturated rings. The Kier molecular flexibility index (Phi) is 3.88. The molecule has 1 atom stereocenters. The molecule has 3 rings (SSSR count). The molecule has 0 saturated heterocycles. The Labute approximate surface area is 127 Å². The lowest BCUT2D eigenvalue weighted by molar-refractivity contribution is 0.00203. The SMILES string of the molecule is CCSc1nc(N)c2c3c(sc2n1)CO[C@@H](C(C)C)C3. The maximum Gasteiger partial charge on any atom is 0.190 e. The quantitative estimate of drug-likeness (QED) is 0.695. The van der Waals surface area contributed by atoms with Gasteiger partial charge in [0.1, 0.15) is 10.6 Å². The van der Waals surface area contributed by atoms with Crippen LogP contribution in [-0.2, 0) is 17.8 Å². The molecule has 0 unspecified atom stereocenters. The third-order valence-corrected chi connectivity index (χ3v) is 5.42. The molecule has 0 radical (unpaired) electrons. The third kappa shape index (κ3) is 2.40. The van der Waals surface area contributed by atoms with Crippen LogP contribution in [0.5, 0.6) is 0 Å². The van der Waals surface area contributed by atoms with Crippen molar-refractivity contribution in [3.8, 4) is 0 Å². The third-order valence-electron chi connectivity index (χ3n) is 3.59. The molecule has 0 amide bonds. The molecule has 0 saturated carbocycles. The Morgan fingerprint density at radius 3 is 2.95 bits per heavy atom. The van der Waals surface area contributed by atoms with Crippen LogP contribution in [0.1, 0.15) is 31.2 Å². The van der Waals surface area contributed by atoms with E-state index in [1.165, 1.54) is 10.4 Å². The summed E-state index contributed by atoms with van der Waals surface area (Å²) < 4.78 is 5.93. The van der Waals surface area contributed by atoms with E-state index in [9.17, 15) is 0 Å². The van der Waals surface area contributed by atoms with E-state index in [0.29, 0.717) is 18.3 Å². The highest BCUT2D eigenvalue weighted by molar-refractivity contribution is 7.99. The van der Waals surface area contributed by atoms with Gasteiger partial charge >= 0.3 is 0 Å². The molecule has 4 nitrogen and oxygen atoms in total. The van der Waals surface area contributed by atoms with Gasteiger partial charge < -0.3 is 10.5 Å². The molecule has 0 aliphatic carbocycles. The lowest BCUT2D eigenvalue weighted by Crippen LogP contribution is -2.26. The summed E-state index contributed by atoms with van der Waals surface area (Å²) in [6.07, 6.45) is 1.19. The van der Waals surface area contributed by atoms with Gasteiger partial charge in [0.25, 0.3) is 0 Å². The number of rotatable bonds is 3. The van der Waals surface area contributed by atoms with Gasteiger partial charge in [-0.3, -0.25) is 0 Å². The normalized spacial score (nSPS) is 18.7. The predicted octanol–water partition coefficient (Wildman–Crippen LogP) is 3.48. The van der Waals surface area contributed by atoms with Crippen molar-refractivity contribution in [1.29, 1.82) is 0 Å². The van der Waals surface area contributed by atoms with Crippen LogP contribution in [0, 0.1) is 5.92 Å². The van der Waals surface area contributed by atoms with E-state index in [0.717, 1.165) is 27.5 Å². The smallest absolute Gasteiger partial charge is 0.190 e. The van der Waals surface area contributed by atoms with E-state index < -0.39 is 0 Å². The zero-order chi connectivity index (χ0) is 14.3. The number of ether oxygens (including phenoxy) is 1. The average molecular weight is 309 g/mol. The van der Waals surface area contributed by atoms with Crippen LogP contribution in [0.2, 0.25) is 0 Å². The Balaban J connectivity index is 2.08. The largest absolute Gasteiger partial charge is 0.383 e. The highest BCUT2D eigenvalue weighted by Crippen LogP contribution is 2.39. The van der Waals surface area contributed by atoms with Crippen molar-refractivity contribution in [2.75, 3.05) is 11.5 Å². The Morgan fingerprint density at radius 1 is 1.45 bits per heavy atom.